The van der Waals surface area contributed by atoms with E-state index in [1.807, 2.05) is 19.1 Å². The van der Waals surface area contributed by atoms with Gasteiger partial charge >= 0.3 is 0 Å². The zero-order valence-electron chi connectivity index (χ0n) is 12.7. The maximum Gasteiger partial charge on any atom is 0.284 e. The van der Waals surface area contributed by atoms with E-state index in [0.29, 0.717) is 34.0 Å². The second-order valence-corrected chi connectivity index (χ2v) is 6.08. The van der Waals surface area contributed by atoms with E-state index in [-0.39, 0.29) is 5.56 Å². The minimum Gasteiger partial charge on any atom is -0.459 e. The van der Waals surface area contributed by atoms with Crippen molar-refractivity contribution in [2.45, 2.75) is 17.9 Å². The fraction of sp³-hybridized carbons (Fsp3) is 0.125. The highest BCUT2D eigenvalue weighted by molar-refractivity contribution is 7.98. The molecule has 0 saturated carbocycles. The summed E-state index contributed by atoms with van der Waals surface area (Å²) in [6.07, 6.45) is 3.27. The zero-order chi connectivity index (χ0) is 16.5. The average molecular weight is 340 g/mol. The smallest absolute Gasteiger partial charge is 0.284 e. The maximum atomic E-state index is 12.1. The molecule has 7 nitrogen and oxygen atoms in total. The van der Waals surface area contributed by atoms with Crippen molar-refractivity contribution in [3.05, 3.63) is 64.4 Å². The number of hydrogen-bond donors (Lipinski definition) is 0. The third kappa shape index (κ3) is 2.83. The molecule has 0 amide bonds. The van der Waals surface area contributed by atoms with Gasteiger partial charge in [-0.05, 0) is 36.8 Å². The van der Waals surface area contributed by atoms with Gasteiger partial charge in [-0.1, -0.05) is 11.8 Å². The van der Waals surface area contributed by atoms with Gasteiger partial charge in [0.25, 0.3) is 16.7 Å². The molecule has 0 radical (unpaired) electrons. The Balaban J connectivity index is 1.56. The number of nitrogens with zero attached hydrogens (tertiary/aromatic N) is 4. The molecule has 0 aromatic carbocycles. The summed E-state index contributed by atoms with van der Waals surface area (Å²) in [4.78, 5) is 16.6. The molecule has 0 spiro atoms. The lowest BCUT2D eigenvalue weighted by atomic mass is 10.3. The molecule has 24 heavy (non-hydrogen) atoms. The molecule has 0 atom stereocenters. The van der Waals surface area contributed by atoms with Crippen LogP contribution in [-0.2, 0) is 5.75 Å². The summed E-state index contributed by atoms with van der Waals surface area (Å²) in [6, 6.07) is 8.76. The largest absolute Gasteiger partial charge is 0.459 e. The average Bonchev–Trinajstić information content (AvgIpc) is 3.24. The summed E-state index contributed by atoms with van der Waals surface area (Å²) >= 11 is 1.32. The number of thioether (sulfide) groups is 1. The number of aryl methyl sites for hydroxylation is 1. The Hall–Kier alpha value is -2.87. The lowest BCUT2D eigenvalue weighted by Gasteiger charge is -2.03. The van der Waals surface area contributed by atoms with Crippen LogP contribution in [0.2, 0.25) is 0 Å². The summed E-state index contributed by atoms with van der Waals surface area (Å²) in [7, 11) is 0. The predicted molar refractivity (Wildman–Crippen MR) is 87.8 cm³/mol. The molecule has 0 aliphatic carbocycles. The Bertz CT molecular complexity index is 1050. The Kier molecular flexibility index (Phi) is 3.66. The van der Waals surface area contributed by atoms with Crippen molar-refractivity contribution in [2.24, 2.45) is 0 Å². The number of furan rings is 1. The fourth-order valence-corrected chi connectivity index (χ4v) is 2.89. The fourth-order valence-electron chi connectivity index (χ4n) is 2.23. The van der Waals surface area contributed by atoms with Crippen LogP contribution in [-0.4, -0.2) is 19.6 Å². The number of fused-ring (bicyclic) bond motifs is 1. The molecule has 120 valence electrons. The Labute approximate surface area is 140 Å². The highest BCUT2D eigenvalue weighted by atomic mass is 32.2. The van der Waals surface area contributed by atoms with Gasteiger partial charge < -0.3 is 8.83 Å². The molecule has 8 heteroatoms. The summed E-state index contributed by atoms with van der Waals surface area (Å²) in [5.74, 6) is 1.30. The van der Waals surface area contributed by atoms with E-state index < -0.39 is 0 Å². The number of hydrogen-bond acceptors (Lipinski definition) is 7. The number of aromatic nitrogens is 4. The van der Waals surface area contributed by atoms with Crippen molar-refractivity contribution < 1.29 is 8.83 Å². The van der Waals surface area contributed by atoms with Crippen LogP contribution in [0.1, 0.15) is 11.3 Å². The number of rotatable bonds is 4. The Morgan fingerprint density at radius 1 is 1.25 bits per heavy atom. The summed E-state index contributed by atoms with van der Waals surface area (Å²) in [5.41, 5.74) is 2.22. The van der Waals surface area contributed by atoms with Gasteiger partial charge in [-0.25, -0.2) is 4.98 Å². The lowest BCUT2D eigenvalue weighted by Crippen LogP contribution is -2.15. The van der Waals surface area contributed by atoms with Crippen molar-refractivity contribution in [1.82, 2.24) is 19.6 Å². The monoisotopic (exact) mass is 340 g/mol. The van der Waals surface area contributed by atoms with Gasteiger partial charge in [-0.3, -0.25) is 9.20 Å². The third-order valence-corrected chi connectivity index (χ3v) is 4.21. The first-order valence-corrected chi connectivity index (χ1v) is 8.17. The molecule has 4 rings (SSSR count). The normalized spacial score (nSPS) is 11.2. The van der Waals surface area contributed by atoms with Crippen molar-refractivity contribution in [1.29, 1.82) is 0 Å². The summed E-state index contributed by atoms with van der Waals surface area (Å²) in [5, 5.41) is 8.29. The number of pyridine rings is 1. The molecule has 4 aromatic rings. The maximum absolute atomic E-state index is 12.1. The van der Waals surface area contributed by atoms with Crippen molar-refractivity contribution in [2.75, 3.05) is 0 Å². The first-order valence-electron chi connectivity index (χ1n) is 7.18. The highest BCUT2D eigenvalue weighted by Gasteiger charge is 2.12. The van der Waals surface area contributed by atoms with E-state index in [0.717, 1.165) is 5.56 Å². The molecule has 0 bridgehead atoms. The Morgan fingerprint density at radius 3 is 3.00 bits per heavy atom. The second-order valence-electron chi connectivity index (χ2n) is 5.16. The van der Waals surface area contributed by atoms with Crippen LogP contribution in [0, 0.1) is 6.92 Å². The van der Waals surface area contributed by atoms with Crippen LogP contribution in [0.15, 0.2) is 61.6 Å². The van der Waals surface area contributed by atoms with Crippen LogP contribution >= 0.6 is 11.8 Å². The molecule has 0 aliphatic heterocycles. The van der Waals surface area contributed by atoms with Crippen LogP contribution < -0.4 is 5.56 Å². The van der Waals surface area contributed by atoms with Crippen molar-refractivity contribution in [3.63, 3.8) is 0 Å². The minimum atomic E-state index is -0.114. The SMILES string of the molecule is Cc1ccn2c(=O)cc(CSc3nnc(-c4ccco4)o3)nc2c1. The molecule has 4 heterocycles. The molecule has 0 fully saturated rings. The molecule has 0 aliphatic rings. The van der Waals surface area contributed by atoms with Gasteiger partial charge in [0, 0.05) is 18.0 Å². The van der Waals surface area contributed by atoms with E-state index in [1.54, 1.807) is 24.6 Å². The quantitative estimate of drug-likeness (QED) is 0.528. The van der Waals surface area contributed by atoms with Gasteiger partial charge in [0.1, 0.15) is 5.65 Å². The topological polar surface area (TPSA) is 86.4 Å². The Morgan fingerprint density at radius 2 is 2.17 bits per heavy atom. The van der Waals surface area contributed by atoms with Gasteiger partial charge in [0.05, 0.1) is 12.0 Å². The van der Waals surface area contributed by atoms with Crippen LogP contribution in [0.5, 0.6) is 0 Å². The van der Waals surface area contributed by atoms with Gasteiger partial charge in [0.2, 0.25) is 0 Å². The van der Waals surface area contributed by atoms with E-state index in [4.69, 9.17) is 8.83 Å². The van der Waals surface area contributed by atoms with Gasteiger partial charge in [-0.2, -0.15) is 0 Å². The van der Waals surface area contributed by atoms with Gasteiger partial charge in [0.15, 0.2) is 5.76 Å². The van der Waals surface area contributed by atoms with E-state index in [2.05, 4.69) is 15.2 Å². The second kappa shape index (κ2) is 5.97. The highest BCUT2D eigenvalue weighted by Crippen LogP contribution is 2.25. The standard InChI is InChI=1S/C16H12N4O3S/c1-10-4-5-20-13(7-10)17-11(8-14(20)21)9-24-16-19-18-15(23-16)12-3-2-6-22-12/h2-8H,9H2,1H3. The molecular weight excluding hydrogens is 328 g/mol. The molecule has 0 unspecified atom stereocenters. The first-order chi connectivity index (χ1) is 11.7. The molecule has 0 N–H and O–H groups in total. The molecular formula is C16H12N4O3S. The van der Waals surface area contributed by atoms with Crippen molar-refractivity contribution in [3.8, 4) is 11.7 Å². The minimum absolute atomic E-state index is 0.114. The summed E-state index contributed by atoms with van der Waals surface area (Å²) < 4.78 is 12.2. The van der Waals surface area contributed by atoms with Gasteiger partial charge in [-0.15, -0.1) is 10.2 Å². The van der Waals surface area contributed by atoms with Crippen LogP contribution in [0.4, 0.5) is 0 Å². The van der Waals surface area contributed by atoms with E-state index in [1.165, 1.54) is 22.2 Å². The van der Waals surface area contributed by atoms with E-state index >= 15 is 0 Å². The van der Waals surface area contributed by atoms with Crippen molar-refractivity contribution >= 4 is 17.4 Å². The third-order valence-electron chi connectivity index (χ3n) is 3.36. The molecule has 0 saturated heterocycles. The summed E-state index contributed by atoms with van der Waals surface area (Å²) in [6.45, 7) is 1.96. The lowest BCUT2D eigenvalue weighted by molar-refractivity contribution is 0.447. The van der Waals surface area contributed by atoms with Crippen LogP contribution in [0.25, 0.3) is 17.3 Å². The van der Waals surface area contributed by atoms with E-state index in [9.17, 15) is 4.79 Å². The molecule has 4 aromatic heterocycles. The first kappa shape index (κ1) is 14.7. The van der Waals surface area contributed by atoms with Crippen LogP contribution in [0.3, 0.4) is 0 Å². The zero-order valence-corrected chi connectivity index (χ0v) is 13.5. The predicted octanol–water partition coefficient (Wildman–Crippen LogP) is 2.94.